The van der Waals surface area contributed by atoms with Crippen LogP contribution in [0.2, 0.25) is 0 Å². The van der Waals surface area contributed by atoms with Gasteiger partial charge in [-0.05, 0) is 24.5 Å². The Morgan fingerprint density at radius 3 is 2.60 bits per heavy atom. The van der Waals surface area contributed by atoms with E-state index in [1.165, 1.54) is 7.11 Å². The summed E-state index contributed by atoms with van der Waals surface area (Å²) in [5, 5.41) is 0. The predicted molar refractivity (Wildman–Crippen MR) is 59.0 cm³/mol. The average Bonchev–Trinajstić information content (AvgIpc) is 2.27. The van der Waals surface area contributed by atoms with Crippen LogP contribution in [0, 0.1) is 0 Å². The summed E-state index contributed by atoms with van der Waals surface area (Å²) >= 11 is 0. The van der Waals surface area contributed by atoms with Crippen LogP contribution in [-0.2, 0) is 11.2 Å². The molecular weight excluding hydrogens is 190 g/mol. The maximum absolute atomic E-state index is 11.4. The first-order valence-electron chi connectivity index (χ1n) is 5.17. The summed E-state index contributed by atoms with van der Waals surface area (Å²) in [6.07, 6.45) is 0.824. The first-order chi connectivity index (χ1) is 7.08. The van der Waals surface area contributed by atoms with Gasteiger partial charge in [0, 0.05) is 11.4 Å². The van der Waals surface area contributed by atoms with Crippen molar-refractivity contribution >= 4 is 5.97 Å². The SMILES string of the molecule is CCc1cc(C(=O)OC)cc(C(C)C)n1. The van der Waals surface area contributed by atoms with E-state index in [9.17, 15) is 4.79 Å². The fraction of sp³-hybridized carbons (Fsp3) is 0.500. The highest BCUT2D eigenvalue weighted by atomic mass is 16.5. The van der Waals surface area contributed by atoms with E-state index in [2.05, 4.69) is 18.8 Å². The molecule has 1 heterocycles. The van der Waals surface area contributed by atoms with Gasteiger partial charge in [-0.15, -0.1) is 0 Å². The number of nitrogens with zero attached hydrogens (tertiary/aromatic N) is 1. The Kier molecular flexibility index (Phi) is 3.83. The van der Waals surface area contributed by atoms with Crippen LogP contribution in [0.25, 0.3) is 0 Å². The molecule has 82 valence electrons. The lowest BCUT2D eigenvalue weighted by Crippen LogP contribution is -2.06. The Hall–Kier alpha value is -1.38. The number of methoxy groups -OCH3 is 1. The fourth-order valence-corrected chi connectivity index (χ4v) is 1.32. The molecule has 0 saturated heterocycles. The molecule has 0 fully saturated rings. The number of carbonyl (C=O) groups excluding carboxylic acids is 1. The molecule has 0 spiro atoms. The summed E-state index contributed by atoms with van der Waals surface area (Å²) in [6, 6.07) is 3.59. The first-order valence-corrected chi connectivity index (χ1v) is 5.17. The fourth-order valence-electron chi connectivity index (χ4n) is 1.32. The highest BCUT2D eigenvalue weighted by molar-refractivity contribution is 5.89. The van der Waals surface area contributed by atoms with Gasteiger partial charge in [0.2, 0.25) is 0 Å². The summed E-state index contributed by atoms with van der Waals surface area (Å²) in [5.41, 5.74) is 2.46. The normalized spacial score (nSPS) is 10.5. The third kappa shape index (κ3) is 2.78. The van der Waals surface area contributed by atoms with Gasteiger partial charge in [0.15, 0.2) is 0 Å². The molecule has 0 aliphatic carbocycles. The van der Waals surface area contributed by atoms with Gasteiger partial charge in [0.25, 0.3) is 0 Å². The summed E-state index contributed by atoms with van der Waals surface area (Å²) < 4.78 is 4.70. The van der Waals surface area contributed by atoms with E-state index >= 15 is 0 Å². The molecule has 0 radical (unpaired) electrons. The van der Waals surface area contributed by atoms with Gasteiger partial charge in [-0.2, -0.15) is 0 Å². The Labute approximate surface area is 90.5 Å². The number of aromatic nitrogens is 1. The van der Waals surface area contributed by atoms with Crippen molar-refractivity contribution in [2.24, 2.45) is 0 Å². The summed E-state index contributed by atoms with van der Waals surface area (Å²) in [4.78, 5) is 15.9. The van der Waals surface area contributed by atoms with Gasteiger partial charge < -0.3 is 4.74 Å². The molecule has 0 saturated carbocycles. The third-order valence-electron chi connectivity index (χ3n) is 2.27. The minimum absolute atomic E-state index is 0.297. The number of hydrogen-bond donors (Lipinski definition) is 0. The van der Waals surface area contributed by atoms with Crippen LogP contribution >= 0.6 is 0 Å². The molecule has 0 atom stereocenters. The highest BCUT2D eigenvalue weighted by Gasteiger charge is 2.11. The van der Waals surface area contributed by atoms with Crippen molar-refractivity contribution in [2.45, 2.75) is 33.1 Å². The quantitative estimate of drug-likeness (QED) is 0.715. The molecule has 0 amide bonds. The van der Waals surface area contributed by atoms with Gasteiger partial charge in [-0.1, -0.05) is 20.8 Å². The lowest BCUT2D eigenvalue weighted by atomic mass is 10.1. The molecule has 0 aromatic carbocycles. The van der Waals surface area contributed by atoms with Crippen molar-refractivity contribution in [3.63, 3.8) is 0 Å². The van der Waals surface area contributed by atoms with Crippen molar-refractivity contribution in [3.8, 4) is 0 Å². The standard InChI is InChI=1S/C12H17NO2/c1-5-10-6-9(12(14)15-4)7-11(13-10)8(2)3/h6-8H,5H2,1-4H3. The molecule has 3 heteroatoms. The summed E-state index contributed by atoms with van der Waals surface area (Å²) in [7, 11) is 1.39. The van der Waals surface area contributed by atoms with Crippen molar-refractivity contribution in [1.29, 1.82) is 0 Å². The topological polar surface area (TPSA) is 39.2 Å². The van der Waals surface area contributed by atoms with Crippen LogP contribution < -0.4 is 0 Å². The Balaban J connectivity index is 3.17. The molecule has 15 heavy (non-hydrogen) atoms. The zero-order valence-electron chi connectivity index (χ0n) is 9.70. The number of esters is 1. The molecule has 3 nitrogen and oxygen atoms in total. The number of carbonyl (C=O) groups is 1. The Morgan fingerprint density at radius 1 is 1.47 bits per heavy atom. The van der Waals surface area contributed by atoms with Crippen LogP contribution in [0.1, 0.15) is 48.4 Å². The number of rotatable bonds is 3. The van der Waals surface area contributed by atoms with Crippen LogP contribution in [-0.4, -0.2) is 18.1 Å². The molecule has 1 aromatic rings. The largest absolute Gasteiger partial charge is 0.465 e. The number of pyridine rings is 1. The van der Waals surface area contributed by atoms with Gasteiger partial charge in [0.1, 0.15) is 0 Å². The number of aryl methyl sites for hydroxylation is 1. The zero-order valence-corrected chi connectivity index (χ0v) is 9.70. The number of hydrogen-bond acceptors (Lipinski definition) is 3. The monoisotopic (exact) mass is 207 g/mol. The Bertz CT molecular complexity index is 359. The molecule has 0 bridgehead atoms. The lowest BCUT2D eigenvalue weighted by Gasteiger charge is -2.09. The van der Waals surface area contributed by atoms with Crippen molar-refractivity contribution < 1.29 is 9.53 Å². The molecule has 1 rings (SSSR count). The smallest absolute Gasteiger partial charge is 0.337 e. The molecule has 0 unspecified atom stereocenters. The molecule has 0 aliphatic heterocycles. The van der Waals surface area contributed by atoms with E-state index in [0.717, 1.165) is 17.8 Å². The van der Waals surface area contributed by atoms with Gasteiger partial charge in [0.05, 0.1) is 12.7 Å². The predicted octanol–water partition coefficient (Wildman–Crippen LogP) is 2.55. The highest BCUT2D eigenvalue weighted by Crippen LogP contribution is 2.15. The van der Waals surface area contributed by atoms with E-state index in [4.69, 9.17) is 4.74 Å². The third-order valence-corrected chi connectivity index (χ3v) is 2.27. The van der Waals surface area contributed by atoms with E-state index in [-0.39, 0.29) is 5.97 Å². The van der Waals surface area contributed by atoms with Gasteiger partial charge in [-0.25, -0.2) is 4.79 Å². The molecule has 0 N–H and O–H groups in total. The van der Waals surface area contributed by atoms with Gasteiger partial charge in [-0.3, -0.25) is 4.98 Å². The van der Waals surface area contributed by atoms with Crippen molar-refractivity contribution in [1.82, 2.24) is 4.98 Å². The second-order valence-corrected chi connectivity index (χ2v) is 3.77. The maximum atomic E-state index is 11.4. The van der Waals surface area contributed by atoms with E-state index in [1.54, 1.807) is 12.1 Å². The minimum Gasteiger partial charge on any atom is -0.465 e. The molecule has 1 aromatic heterocycles. The van der Waals surface area contributed by atoms with Crippen LogP contribution in [0.5, 0.6) is 0 Å². The Morgan fingerprint density at radius 2 is 2.13 bits per heavy atom. The van der Waals surface area contributed by atoms with Crippen LogP contribution in [0.3, 0.4) is 0 Å². The van der Waals surface area contributed by atoms with E-state index in [0.29, 0.717) is 11.5 Å². The maximum Gasteiger partial charge on any atom is 0.337 e. The van der Waals surface area contributed by atoms with Crippen LogP contribution in [0.4, 0.5) is 0 Å². The van der Waals surface area contributed by atoms with Gasteiger partial charge >= 0.3 is 5.97 Å². The summed E-state index contributed by atoms with van der Waals surface area (Å²) in [6.45, 7) is 6.14. The second-order valence-electron chi connectivity index (χ2n) is 3.77. The van der Waals surface area contributed by atoms with E-state index in [1.807, 2.05) is 6.92 Å². The molecular formula is C12H17NO2. The van der Waals surface area contributed by atoms with Crippen molar-refractivity contribution in [2.75, 3.05) is 7.11 Å². The average molecular weight is 207 g/mol. The van der Waals surface area contributed by atoms with E-state index < -0.39 is 0 Å². The molecule has 0 aliphatic rings. The first kappa shape index (κ1) is 11.7. The minimum atomic E-state index is -0.297. The number of ether oxygens (including phenoxy) is 1. The summed E-state index contributed by atoms with van der Waals surface area (Å²) in [5.74, 6) is 0.0221. The zero-order chi connectivity index (χ0) is 11.4. The van der Waals surface area contributed by atoms with Crippen LogP contribution in [0.15, 0.2) is 12.1 Å². The lowest BCUT2D eigenvalue weighted by molar-refractivity contribution is 0.0600. The van der Waals surface area contributed by atoms with Crippen molar-refractivity contribution in [3.05, 3.63) is 29.1 Å². The second kappa shape index (κ2) is 4.91.